The van der Waals surface area contributed by atoms with E-state index in [1.165, 1.54) is 11.0 Å². The number of β-amino-alcohol motifs (C(OH)–C–C–N with tert-alkyl or cyclic N) is 2. The number of amides is 1. The van der Waals surface area contributed by atoms with Crippen LogP contribution in [0.4, 0.5) is 20.3 Å². The van der Waals surface area contributed by atoms with Crippen LogP contribution in [0, 0.1) is 5.82 Å². The van der Waals surface area contributed by atoms with Crippen molar-refractivity contribution in [1.82, 2.24) is 19.5 Å². The van der Waals surface area contributed by atoms with Gasteiger partial charge < -0.3 is 24.9 Å². The number of aliphatic hydroxyl groups is 2. The van der Waals surface area contributed by atoms with Crippen molar-refractivity contribution in [3.05, 3.63) is 77.2 Å². The summed E-state index contributed by atoms with van der Waals surface area (Å²) in [5, 5.41) is 24.4. The van der Waals surface area contributed by atoms with Crippen molar-refractivity contribution >= 4 is 23.1 Å². The molecule has 3 aliphatic heterocycles. The lowest BCUT2D eigenvalue weighted by atomic mass is 9.92. The molecule has 41 heavy (non-hydrogen) atoms. The molecular weight excluding hydrogens is 530 g/mol. The predicted octanol–water partition coefficient (Wildman–Crippen LogP) is 3.51. The highest BCUT2D eigenvalue weighted by Gasteiger charge is 2.35. The fraction of sp³-hybridized carbons (Fsp3) is 0.367. The van der Waals surface area contributed by atoms with Crippen molar-refractivity contribution in [1.29, 1.82) is 0 Å². The number of hydrogen-bond acceptors (Lipinski definition) is 7. The summed E-state index contributed by atoms with van der Waals surface area (Å²) in [6.45, 7) is 3.86. The van der Waals surface area contributed by atoms with Crippen LogP contribution in [-0.4, -0.2) is 80.5 Å². The summed E-state index contributed by atoms with van der Waals surface area (Å²) in [5.41, 5.74) is 3.16. The second kappa shape index (κ2) is 9.78. The van der Waals surface area contributed by atoms with Crippen LogP contribution in [0.2, 0.25) is 0 Å². The van der Waals surface area contributed by atoms with E-state index in [-0.39, 0.29) is 42.8 Å². The first-order chi connectivity index (χ1) is 19.8. The molecule has 2 fully saturated rings. The van der Waals surface area contributed by atoms with Crippen LogP contribution < -0.4 is 9.80 Å². The molecule has 2 N–H and O–H groups in total. The molecule has 0 unspecified atom stereocenters. The van der Waals surface area contributed by atoms with E-state index in [9.17, 15) is 15.0 Å². The summed E-state index contributed by atoms with van der Waals surface area (Å²) in [5.74, 6) is -0.194. The van der Waals surface area contributed by atoms with Gasteiger partial charge in [0, 0.05) is 49.6 Å². The van der Waals surface area contributed by atoms with Crippen molar-refractivity contribution in [3.8, 4) is 11.3 Å². The molecule has 11 heteroatoms. The van der Waals surface area contributed by atoms with Crippen molar-refractivity contribution in [3.63, 3.8) is 0 Å². The van der Waals surface area contributed by atoms with Crippen LogP contribution in [0.25, 0.3) is 16.9 Å². The number of carbonyl (C=O) groups is 1. The number of hydrogen-bond donors (Lipinski definition) is 2. The number of benzene rings is 2. The summed E-state index contributed by atoms with van der Waals surface area (Å²) >= 11 is 0. The van der Waals surface area contributed by atoms with Gasteiger partial charge in [-0.2, -0.15) is 9.61 Å². The van der Waals surface area contributed by atoms with Crippen molar-refractivity contribution in [2.45, 2.75) is 37.8 Å². The van der Waals surface area contributed by atoms with Gasteiger partial charge >= 0.3 is 0 Å². The summed E-state index contributed by atoms with van der Waals surface area (Å²) in [4.78, 5) is 23.7. The van der Waals surface area contributed by atoms with E-state index in [2.05, 4.69) is 15.0 Å². The van der Waals surface area contributed by atoms with E-state index in [1.54, 1.807) is 45.8 Å². The Morgan fingerprint density at radius 2 is 1.68 bits per heavy atom. The Bertz CT molecular complexity index is 1650. The standard InChI is InChI=1S/C30H30F2N6O3/c1-17-19-5-2-3-6-20(19)23(32)14-37(17)30(41)25-13-29(35-9-4-10-35)38-28(33-25)12-24(34-38)21-8-7-18(11-22(21)31)36-15-26(39)27(40)16-36/h2-3,5-8,11-13,17,23,26-27,39-40H,4,9-10,14-16H2,1H3/t17-,23+,26-,27-/m1/s1. The van der Waals surface area contributed by atoms with Crippen LogP contribution in [0.3, 0.4) is 0 Å². The van der Waals surface area contributed by atoms with Crippen LogP contribution in [-0.2, 0) is 0 Å². The van der Waals surface area contributed by atoms with Gasteiger partial charge in [-0.1, -0.05) is 24.3 Å². The molecule has 0 spiro atoms. The Morgan fingerprint density at radius 1 is 0.951 bits per heavy atom. The minimum atomic E-state index is -1.29. The van der Waals surface area contributed by atoms with Gasteiger partial charge in [-0.15, -0.1) is 0 Å². The molecule has 212 valence electrons. The maximum atomic E-state index is 15.4. The monoisotopic (exact) mass is 560 g/mol. The molecule has 0 saturated carbocycles. The number of rotatable bonds is 4. The van der Waals surface area contributed by atoms with Crippen LogP contribution in [0.1, 0.15) is 47.2 Å². The Morgan fingerprint density at radius 3 is 2.37 bits per heavy atom. The van der Waals surface area contributed by atoms with Gasteiger partial charge in [-0.05, 0) is 42.7 Å². The summed E-state index contributed by atoms with van der Waals surface area (Å²) < 4.78 is 32.1. The first-order valence-electron chi connectivity index (χ1n) is 13.9. The number of anilines is 2. The third kappa shape index (κ3) is 4.31. The highest BCUT2D eigenvalue weighted by molar-refractivity contribution is 5.94. The molecule has 4 atom stereocenters. The zero-order chi connectivity index (χ0) is 28.4. The molecule has 2 aromatic carbocycles. The molecule has 2 aromatic heterocycles. The fourth-order valence-corrected chi connectivity index (χ4v) is 6.04. The molecule has 3 aliphatic rings. The number of alkyl halides is 1. The van der Waals surface area contributed by atoms with E-state index in [4.69, 9.17) is 0 Å². The van der Waals surface area contributed by atoms with Gasteiger partial charge in [0.25, 0.3) is 5.91 Å². The zero-order valence-corrected chi connectivity index (χ0v) is 22.5. The zero-order valence-electron chi connectivity index (χ0n) is 22.5. The molecule has 1 amide bonds. The fourth-order valence-electron chi connectivity index (χ4n) is 6.04. The van der Waals surface area contributed by atoms with Crippen LogP contribution in [0.15, 0.2) is 54.6 Å². The molecule has 9 nitrogen and oxygen atoms in total. The van der Waals surface area contributed by atoms with Crippen molar-refractivity contribution in [2.24, 2.45) is 0 Å². The number of halogens is 2. The lowest BCUT2D eigenvalue weighted by molar-refractivity contribution is 0.0572. The average Bonchev–Trinajstić information content (AvgIpc) is 3.52. The summed E-state index contributed by atoms with van der Waals surface area (Å²) in [6.07, 6.45) is -2.04. The second-order valence-electron chi connectivity index (χ2n) is 11.1. The summed E-state index contributed by atoms with van der Waals surface area (Å²) in [6, 6.07) is 15.0. The Labute approximate surface area is 235 Å². The molecule has 2 saturated heterocycles. The maximum absolute atomic E-state index is 15.4. The second-order valence-corrected chi connectivity index (χ2v) is 11.1. The number of aromatic nitrogens is 3. The average molecular weight is 561 g/mol. The van der Waals surface area contributed by atoms with E-state index in [1.807, 2.05) is 19.1 Å². The van der Waals surface area contributed by atoms with Crippen molar-refractivity contribution in [2.75, 3.05) is 42.5 Å². The molecule has 5 heterocycles. The highest BCUT2D eigenvalue weighted by Crippen LogP contribution is 2.38. The van der Waals surface area contributed by atoms with Crippen LogP contribution in [0.5, 0.6) is 0 Å². The Kier molecular flexibility index (Phi) is 6.16. The smallest absolute Gasteiger partial charge is 0.273 e. The molecule has 4 aromatic rings. The van der Waals surface area contributed by atoms with E-state index in [0.29, 0.717) is 28.4 Å². The first-order valence-corrected chi connectivity index (χ1v) is 13.9. The number of fused-ring (bicyclic) bond motifs is 2. The Hall–Kier alpha value is -4.09. The van der Waals surface area contributed by atoms with Gasteiger partial charge in [-0.3, -0.25) is 4.79 Å². The van der Waals surface area contributed by atoms with E-state index >= 15 is 8.78 Å². The normalized spacial score (nSPS) is 24.1. The van der Waals surface area contributed by atoms with E-state index in [0.717, 1.165) is 25.1 Å². The van der Waals surface area contributed by atoms with Crippen LogP contribution >= 0.6 is 0 Å². The first kappa shape index (κ1) is 25.8. The van der Waals surface area contributed by atoms with Gasteiger partial charge in [-0.25, -0.2) is 13.8 Å². The van der Waals surface area contributed by atoms with E-state index < -0.39 is 24.2 Å². The third-order valence-corrected chi connectivity index (χ3v) is 8.53. The molecule has 7 rings (SSSR count). The van der Waals surface area contributed by atoms with Gasteiger partial charge in [0.05, 0.1) is 30.5 Å². The lowest BCUT2D eigenvalue weighted by Gasteiger charge is -2.37. The van der Waals surface area contributed by atoms with Gasteiger partial charge in [0.2, 0.25) is 0 Å². The molecular formula is C30H30F2N6O3. The minimum absolute atomic E-state index is 0.0595. The lowest BCUT2D eigenvalue weighted by Crippen LogP contribution is -2.41. The predicted molar refractivity (Wildman–Crippen MR) is 149 cm³/mol. The van der Waals surface area contributed by atoms with Crippen molar-refractivity contribution < 1.29 is 23.8 Å². The molecule has 0 aliphatic carbocycles. The number of aliphatic hydroxyl groups excluding tert-OH is 2. The molecule has 0 bridgehead atoms. The minimum Gasteiger partial charge on any atom is -0.389 e. The maximum Gasteiger partial charge on any atom is 0.273 e. The van der Waals surface area contributed by atoms with Gasteiger partial charge in [0.15, 0.2) is 5.65 Å². The van der Waals surface area contributed by atoms with Gasteiger partial charge in [0.1, 0.15) is 23.5 Å². The topological polar surface area (TPSA) is 97.4 Å². The third-order valence-electron chi connectivity index (χ3n) is 8.53. The highest BCUT2D eigenvalue weighted by atomic mass is 19.1. The largest absolute Gasteiger partial charge is 0.389 e. The quantitative estimate of drug-likeness (QED) is 0.394. The molecule has 0 radical (unpaired) electrons. The SMILES string of the molecule is C[C@@H]1c2ccccc2[C@@H](F)CN1C(=O)c1cc(N2CCC2)n2nc(-c3ccc(N4C[C@@H](O)[C@H](O)C4)cc3F)cc2n1. The summed E-state index contributed by atoms with van der Waals surface area (Å²) in [7, 11) is 0. The number of nitrogens with zero attached hydrogens (tertiary/aromatic N) is 6. The Balaban J connectivity index is 1.24. The number of carbonyl (C=O) groups excluding carboxylic acids is 1.